The van der Waals surface area contributed by atoms with E-state index in [1.807, 2.05) is 0 Å². The number of carbonyl (C=O) groups excluding carboxylic acids is 2. The Morgan fingerprint density at radius 2 is 0.967 bits per heavy atom. The fraction of sp³-hybridized carbons (Fsp3) is 0.955. The number of hydrogen-bond donors (Lipinski definition) is 14. The molecule has 3 saturated heterocycles. The maximum absolute atomic E-state index is 13.4. The first-order valence-corrected chi connectivity index (χ1v) is 35.4. The zero-order chi connectivity index (χ0) is 66.1. The lowest BCUT2D eigenvalue weighted by molar-refractivity contribution is -0.386. The summed E-state index contributed by atoms with van der Waals surface area (Å²) in [6.07, 6.45) is 15.5. The molecule has 14 N–H and O–H groups in total. The largest absolute Gasteiger partial charge is 0.477 e. The van der Waals surface area contributed by atoms with Gasteiger partial charge >= 0.3 is 5.97 Å². The third-order valence-corrected chi connectivity index (χ3v) is 18.3. The van der Waals surface area contributed by atoms with E-state index in [1.165, 1.54) is 167 Å². The van der Waals surface area contributed by atoms with Gasteiger partial charge < -0.3 is 100 Å². The molecule has 0 bridgehead atoms. The highest BCUT2D eigenvalue weighted by Crippen LogP contribution is 2.39. The van der Waals surface area contributed by atoms with Crippen LogP contribution in [0.4, 0.5) is 0 Å². The SMILES string of the molecule is CCCCCCCCCCCCCCCCCCCCCCCCCCCC(O)C(COC1OC(CO)C(OC2OC(CO)C(O)C(OC3(C(=O)O)CC(O)C(NC(C)=O)C(C(O)C(O)CO)O3)C2O)C(O)C1O)NC(=O)CCCCCCCCCCCCC. The second kappa shape index (κ2) is 48.4. The summed E-state index contributed by atoms with van der Waals surface area (Å²) in [7, 11) is 0. The Balaban J connectivity index is 1.54. The Bertz CT molecular complexity index is 1830. The van der Waals surface area contributed by atoms with Crippen molar-refractivity contribution >= 4 is 17.8 Å². The molecule has 0 aromatic heterocycles. The molecular formula is C67H126N2O21. The van der Waals surface area contributed by atoms with Gasteiger partial charge in [0.25, 0.3) is 5.79 Å². The van der Waals surface area contributed by atoms with E-state index < -0.39 is 148 Å². The molecule has 0 spiro atoms. The molecule has 0 radical (unpaired) electrons. The summed E-state index contributed by atoms with van der Waals surface area (Å²) in [5.74, 6) is -6.09. The highest BCUT2D eigenvalue weighted by atomic mass is 16.8. The number of unbranched alkanes of at least 4 members (excludes halogenated alkanes) is 34. The molecule has 3 heterocycles. The van der Waals surface area contributed by atoms with Crippen LogP contribution in [0.1, 0.15) is 271 Å². The summed E-state index contributed by atoms with van der Waals surface area (Å²) in [6, 6.07) is -2.52. The predicted molar refractivity (Wildman–Crippen MR) is 339 cm³/mol. The summed E-state index contributed by atoms with van der Waals surface area (Å²) in [6.45, 7) is 2.21. The van der Waals surface area contributed by atoms with Crippen LogP contribution in [0.3, 0.4) is 0 Å². The number of aliphatic carboxylic acids is 1. The van der Waals surface area contributed by atoms with Crippen molar-refractivity contribution in [2.75, 3.05) is 26.4 Å². The van der Waals surface area contributed by atoms with Crippen LogP contribution < -0.4 is 10.6 Å². The summed E-state index contributed by atoms with van der Waals surface area (Å²) < 4.78 is 34.8. The number of aliphatic hydroxyl groups is 11. The number of carboxylic acid groups (broad SMARTS) is 1. The van der Waals surface area contributed by atoms with E-state index in [9.17, 15) is 75.7 Å². The van der Waals surface area contributed by atoms with Gasteiger partial charge in [-0.15, -0.1) is 0 Å². The minimum absolute atomic E-state index is 0.228. The first-order valence-electron chi connectivity index (χ1n) is 35.4. The second-order valence-electron chi connectivity index (χ2n) is 26.1. The molecule has 23 nitrogen and oxygen atoms in total. The van der Waals surface area contributed by atoms with Gasteiger partial charge in [-0.05, 0) is 12.8 Å². The molecule has 2 amide bonds. The molecule has 23 heteroatoms. The summed E-state index contributed by atoms with van der Waals surface area (Å²) in [5, 5.41) is 136. The quantitative estimate of drug-likeness (QED) is 0.0288. The van der Waals surface area contributed by atoms with Crippen LogP contribution in [0.2, 0.25) is 0 Å². The number of ether oxygens (including phenoxy) is 6. The maximum Gasteiger partial charge on any atom is 0.364 e. The van der Waals surface area contributed by atoms with Crippen molar-refractivity contribution in [3.63, 3.8) is 0 Å². The number of nitrogens with one attached hydrogen (secondary N) is 2. The molecule has 530 valence electrons. The Morgan fingerprint density at radius 1 is 0.533 bits per heavy atom. The van der Waals surface area contributed by atoms with Gasteiger partial charge in [0.05, 0.1) is 50.7 Å². The molecule has 3 fully saturated rings. The maximum atomic E-state index is 13.4. The van der Waals surface area contributed by atoms with Crippen molar-refractivity contribution in [3.8, 4) is 0 Å². The smallest absolute Gasteiger partial charge is 0.364 e. The van der Waals surface area contributed by atoms with E-state index in [4.69, 9.17) is 28.4 Å². The highest BCUT2D eigenvalue weighted by Gasteiger charge is 2.60. The lowest BCUT2D eigenvalue weighted by Crippen LogP contribution is -2.70. The summed E-state index contributed by atoms with van der Waals surface area (Å²) in [4.78, 5) is 38.5. The van der Waals surface area contributed by atoms with Crippen LogP contribution in [0.15, 0.2) is 0 Å². The summed E-state index contributed by atoms with van der Waals surface area (Å²) in [5.41, 5.74) is 0. The third-order valence-electron chi connectivity index (χ3n) is 18.3. The molecule has 18 atom stereocenters. The zero-order valence-electron chi connectivity index (χ0n) is 55.3. The number of rotatable bonds is 54. The lowest BCUT2D eigenvalue weighted by Gasteiger charge is -2.50. The van der Waals surface area contributed by atoms with Gasteiger partial charge in [0, 0.05) is 19.8 Å². The van der Waals surface area contributed by atoms with Crippen molar-refractivity contribution in [1.29, 1.82) is 0 Å². The molecule has 0 saturated carbocycles. The van der Waals surface area contributed by atoms with E-state index in [0.29, 0.717) is 19.3 Å². The van der Waals surface area contributed by atoms with Gasteiger partial charge in [0.2, 0.25) is 11.8 Å². The Labute approximate surface area is 538 Å². The second-order valence-corrected chi connectivity index (χ2v) is 26.1. The molecule has 3 aliphatic rings. The monoisotopic (exact) mass is 1290 g/mol. The fourth-order valence-electron chi connectivity index (χ4n) is 12.7. The normalized spacial score (nSPS) is 28.5. The van der Waals surface area contributed by atoms with E-state index in [0.717, 1.165) is 58.3 Å². The van der Waals surface area contributed by atoms with Crippen molar-refractivity contribution in [2.24, 2.45) is 0 Å². The van der Waals surface area contributed by atoms with Gasteiger partial charge in [-0.2, -0.15) is 0 Å². The van der Waals surface area contributed by atoms with Gasteiger partial charge in [-0.3, -0.25) is 9.59 Å². The van der Waals surface area contributed by atoms with Crippen LogP contribution in [0.5, 0.6) is 0 Å². The number of hydrogen-bond acceptors (Lipinski definition) is 20. The fourth-order valence-corrected chi connectivity index (χ4v) is 12.7. The first-order chi connectivity index (χ1) is 43.4. The van der Waals surface area contributed by atoms with E-state index in [-0.39, 0.29) is 18.9 Å². The number of aliphatic hydroxyl groups excluding tert-OH is 11. The molecule has 0 aromatic carbocycles. The lowest BCUT2D eigenvalue weighted by atomic mass is 9.88. The van der Waals surface area contributed by atoms with Gasteiger partial charge in [0.15, 0.2) is 12.6 Å². The van der Waals surface area contributed by atoms with Crippen LogP contribution >= 0.6 is 0 Å². The highest BCUT2D eigenvalue weighted by molar-refractivity contribution is 5.77. The minimum Gasteiger partial charge on any atom is -0.477 e. The average molecular weight is 1300 g/mol. The number of amides is 2. The van der Waals surface area contributed by atoms with Crippen molar-refractivity contribution < 1.29 is 104 Å². The molecule has 90 heavy (non-hydrogen) atoms. The van der Waals surface area contributed by atoms with Gasteiger partial charge in [-0.25, -0.2) is 4.79 Å². The zero-order valence-corrected chi connectivity index (χ0v) is 55.3. The van der Waals surface area contributed by atoms with E-state index >= 15 is 0 Å². The Hall–Kier alpha value is -2.27. The predicted octanol–water partition coefficient (Wildman–Crippen LogP) is 6.51. The van der Waals surface area contributed by atoms with Crippen LogP contribution in [-0.4, -0.2) is 215 Å². The third kappa shape index (κ3) is 30.6. The Kier molecular flexibility index (Phi) is 44.1. The van der Waals surface area contributed by atoms with Crippen molar-refractivity contribution in [3.05, 3.63) is 0 Å². The van der Waals surface area contributed by atoms with Crippen molar-refractivity contribution in [2.45, 2.75) is 381 Å². The summed E-state index contributed by atoms with van der Waals surface area (Å²) >= 11 is 0. The molecule has 3 aliphatic heterocycles. The molecule has 3 rings (SSSR count). The van der Waals surface area contributed by atoms with E-state index in [2.05, 4.69) is 24.5 Å². The Morgan fingerprint density at radius 3 is 1.39 bits per heavy atom. The molecule has 18 unspecified atom stereocenters. The van der Waals surface area contributed by atoms with Crippen LogP contribution in [-0.2, 0) is 42.8 Å². The molecule has 0 aromatic rings. The first kappa shape index (κ1) is 82.0. The topological polar surface area (TPSA) is 373 Å². The molecular weight excluding hydrogens is 1170 g/mol. The molecule has 0 aliphatic carbocycles. The number of carboxylic acids is 1. The minimum atomic E-state index is -3.08. The van der Waals surface area contributed by atoms with E-state index in [1.54, 1.807) is 0 Å². The van der Waals surface area contributed by atoms with Gasteiger partial charge in [0.1, 0.15) is 67.1 Å². The van der Waals surface area contributed by atoms with Crippen LogP contribution in [0.25, 0.3) is 0 Å². The standard InChI is InChI=1S/C67H126N2O21/c1-4-6-8-10-12-14-16-17-18-19-20-21-22-23-24-25-26-27-28-29-31-32-34-36-38-40-49(74)48(69-54(77)41-39-37-35-33-30-15-13-11-9-7-5-2)46-85-64-59(81)58(80)61(53(45-72)87-64)88-65-60(82)63(57(79)52(44-71)86-65)90-67(66(83)84)42-50(75)55(68-47(3)73)62(89-67)56(78)51(76)43-70/h48-53,55-65,70-72,74-76,78-82H,4-46H2,1-3H3,(H,68,73)(H,69,77)(H,83,84). The number of carbonyl (C=O) groups is 3. The van der Waals surface area contributed by atoms with Crippen molar-refractivity contribution in [1.82, 2.24) is 10.6 Å². The van der Waals surface area contributed by atoms with Gasteiger partial charge in [-0.1, -0.05) is 239 Å². The average Bonchev–Trinajstić information content (AvgIpc) is 0.786. The van der Waals surface area contributed by atoms with Crippen LogP contribution in [0, 0.1) is 0 Å².